The summed E-state index contributed by atoms with van der Waals surface area (Å²) >= 11 is 5.48. The van der Waals surface area contributed by atoms with Crippen LogP contribution in [-0.4, -0.2) is 19.3 Å². The highest BCUT2D eigenvalue weighted by molar-refractivity contribution is 7.80. The van der Waals surface area contributed by atoms with Crippen molar-refractivity contribution in [1.82, 2.24) is 10.7 Å². The van der Waals surface area contributed by atoms with Gasteiger partial charge in [-0.15, -0.1) is 0 Å². The molecule has 0 bridgehead atoms. The summed E-state index contributed by atoms with van der Waals surface area (Å²) in [6.07, 6.45) is 0. The van der Waals surface area contributed by atoms with Gasteiger partial charge in [-0.3, -0.25) is 0 Å². The number of anilines is 1. The second-order valence-corrected chi connectivity index (χ2v) is 5.82. The molecule has 2 N–H and O–H groups in total. The first-order valence-electron chi connectivity index (χ1n) is 7.24. The lowest BCUT2D eigenvalue weighted by Crippen LogP contribution is -2.45. The van der Waals surface area contributed by atoms with Crippen molar-refractivity contribution in [1.29, 1.82) is 0 Å². The van der Waals surface area contributed by atoms with Gasteiger partial charge in [-0.1, -0.05) is 12.1 Å². The summed E-state index contributed by atoms with van der Waals surface area (Å²) in [6.45, 7) is 2.05. The van der Waals surface area contributed by atoms with E-state index >= 15 is 0 Å². The Morgan fingerprint density at radius 1 is 0.913 bits per heavy atom. The Balaban J connectivity index is 1.84. The summed E-state index contributed by atoms with van der Waals surface area (Å²) in [7, 11) is 3.30. The maximum absolute atomic E-state index is 5.48. The van der Waals surface area contributed by atoms with Gasteiger partial charge in [-0.25, -0.2) is 5.01 Å². The van der Waals surface area contributed by atoms with Crippen LogP contribution in [0.15, 0.2) is 48.5 Å². The Kier molecular flexibility index (Phi) is 4.11. The number of ether oxygens (including phenoxy) is 2. The minimum atomic E-state index is -0.483. The van der Waals surface area contributed by atoms with Crippen LogP contribution in [0.5, 0.6) is 11.5 Å². The highest BCUT2D eigenvalue weighted by Crippen LogP contribution is 2.28. The zero-order valence-electron chi connectivity index (χ0n) is 13.3. The van der Waals surface area contributed by atoms with Crippen LogP contribution < -0.4 is 25.2 Å². The van der Waals surface area contributed by atoms with E-state index in [0.29, 0.717) is 5.11 Å². The van der Waals surface area contributed by atoms with Gasteiger partial charge in [-0.2, -0.15) is 5.43 Å². The fourth-order valence-electron chi connectivity index (χ4n) is 2.55. The number of thiocarbonyl (C=S) groups is 1. The van der Waals surface area contributed by atoms with Crippen LogP contribution in [0.3, 0.4) is 0 Å². The molecule has 1 unspecified atom stereocenters. The van der Waals surface area contributed by atoms with E-state index in [0.717, 1.165) is 22.7 Å². The molecule has 0 aromatic heterocycles. The SMILES string of the molecule is COc1ccc(N2NC(C)(c3ccc(OC)cc3)NC2=S)cc1. The maximum Gasteiger partial charge on any atom is 0.190 e. The van der Waals surface area contributed by atoms with Crippen LogP contribution >= 0.6 is 12.2 Å². The van der Waals surface area contributed by atoms with E-state index in [1.165, 1.54) is 0 Å². The summed E-state index contributed by atoms with van der Waals surface area (Å²) in [5.41, 5.74) is 4.95. The Morgan fingerprint density at radius 3 is 1.96 bits per heavy atom. The lowest BCUT2D eigenvalue weighted by Gasteiger charge is -2.26. The number of benzene rings is 2. The topological polar surface area (TPSA) is 45.8 Å². The van der Waals surface area contributed by atoms with Crippen LogP contribution in [0.1, 0.15) is 12.5 Å². The second-order valence-electron chi connectivity index (χ2n) is 5.43. The second kappa shape index (κ2) is 6.06. The van der Waals surface area contributed by atoms with E-state index in [9.17, 15) is 0 Å². The molecule has 120 valence electrons. The van der Waals surface area contributed by atoms with Crippen molar-refractivity contribution in [3.8, 4) is 11.5 Å². The average Bonchev–Trinajstić information content (AvgIpc) is 2.91. The summed E-state index contributed by atoms with van der Waals surface area (Å²) in [5, 5.41) is 5.81. The van der Waals surface area contributed by atoms with Gasteiger partial charge in [0.25, 0.3) is 0 Å². The Labute approximate surface area is 141 Å². The van der Waals surface area contributed by atoms with Gasteiger partial charge in [0, 0.05) is 0 Å². The Morgan fingerprint density at radius 2 is 1.43 bits per heavy atom. The molecule has 1 fully saturated rings. The van der Waals surface area contributed by atoms with E-state index in [-0.39, 0.29) is 0 Å². The minimum absolute atomic E-state index is 0.483. The Bertz CT molecular complexity index is 703. The largest absolute Gasteiger partial charge is 0.497 e. The van der Waals surface area contributed by atoms with Gasteiger partial charge in [0.1, 0.15) is 17.2 Å². The highest BCUT2D eigenvalue weighted by atomic mass is 32.1. The highest BCUT2D eigenvalue weighted by Gasteiger charge is 2.38. The van der Waals surface area contributed by atoms with Gasteiger partial charge in [-0.05, 0) is 61.1 Å². The standard InChI is InChI=1S/C17H19N3O2S/c1-17(12-4-8-14(21-2)9-5-12)18-16(23)20(19-17)13-6-10-15(22-3)11-7-13/h4-11,19H,1-3H3,(H,18,23). The van der Waals surface area contributed by atoms with Crippen LogP contribution in [0.2, 0.25) is 0 Å². The van der Waals surface area contributed by atoms with Crippen molar-refractivity contribution in [2.75, 3.05) is 19.2 Å². The van der Waals surface area contributed by atoms with Crippen LogP contribution in [0, 0.1) is 0 Å². The van der Waals surface area contributed by atoms with E-state index in [2.05, 4.69) is 10.7 Å². The normalized spacial score (nSPS) is 20.3. The van der Waals surface area contributed by atoms with Gasteiger partial charge >= 0.3 is 0 Å². The number of hydrogen-bond acceptors (Lipinski definition) is 4. The van der Waals surface area contributed by atoms with E-state index in [1.54, 1.807) is 14.2 Å². The molecule has 23 heavy (non-hydrogen) atoms. The summed E-state index contributed by atoms with van der Waals surface area (Å²) in [4.78, 5) is 0. The first-order valence-corrected chi connectivity index (χ1v) is 7.65. The predicted molar refractivity (Wildman–Crippen MR) is 94.7 cm³/mol. The molecule has 6 heteroatoms. The van der Waals surface area contributed by atoms with E-state index in [1.807, 2.05) is 60.5 Å². The van der Waals surface area contributed by atoms with Crippen molar-refractivity contribution < 1.29 is 9.47 Å². The molecule has 1 atom stereocenters. The van der Waals surface area contributed by atoms with Crippen LogP contribution in [0.4, 0.5) is 5.69 Å². The number of nitrogens with one attached hydrogen (secondary N) is 2. The lowest BCUT2D eigenvalue weighted by atomic mass is 10.0. The van der Waals surface area contributed by atoms with Crippen LogP contribution in [-0.2, 0) is 5.66 Å². The van der Waals surface area contributed by atoms with Crippen molar-refractivity contribution in [3.63, 3.8) is 0 Å². The van der Waals surface area contributed by atoms with Gasteiger partial charge in [0.2, 0.25) is 0 Å². The molecule has 2 aromatic carbocycles. The first kappa shape index (κ1) is 15.6. The number of hydrogen-bond donors (Lipinski definition) is 2. The molecule has 0 amide bonds. The van der Waals surface area contributed by atoms with Gasteiger partial charge in [0.15, 0.2) is 5.11 Å². The van der Waals surface area contributed by atoms with Crippen molar-refractivity contribution in [3.05, 3.63) is 54.1 Å². The van der Waals surface area contributed by atoms with Gasteiger partial charge < -0.3 is 14.8 Å². The van der Waals surface area contributed by atoms with E-state index < -0.39 is 5.66 Å². The summed E-state index contributed by atoms with van der Waals surface area (Å²) < 4.78 is 10.4. The number of hydrazine groups is 1. The molecular weight excluding hydrogens is 310 g/mol. The zero-order valence-corrected chi connectivity index (χ0v) is 14.1. The molecule has 0 spiro atoms. The number of nitrogens with zero attached hydrogens (tertiary/aromatic N) is 1. The lowest BCUT2D eigenvalue weighted by molar-refractivity contribution is 0.386. The maximum atomic E-state index is 5.48. The Hall–Kier alpha value is -2.31. The molecule has 0 radical (unpaired) electrons. The monoisotopic (exact) mass is 329 g/mol. The molecule has 1 heterocycles. The smallest absolute Gasteiger partial charge is 0.190 e. The molecule has 5 nitrogen and oxygen atoms in total. The molecule has 1 saturated heterocycles. The van der Waals surface area contributed by atoms with Crippen molar-refractivity contribution in [2.45, 2.75) is 12.6 Å². The fourth-order valence-corrected chi connectivity index (χ4v) is 2.90. The third-order valence-corrected chi connectivity index (χ3v) is 4.18. The van der Waals surface area contributed by atoms with Crippen molar-refractivity contribution in [2.24, 2.45) is 0 Å². The number of methoxy groups -OCH3 is 2. The molecule has 0 aliphatic carbocycles. The molecule has 2 aromatic rings. The zero-order chi connectivity index (χ0) is 16.4. The molecule has 1 aliphatic rings. The quantitative estimate of drug-likeness (QED) is 0.841. The van der Waals surface area contributed by atoms with E-state index in [4.69, 9.17) is 21.7 Å². The fraction of sp³-hybridized carbons (Fsp3) is 0.235. The van der Waals surface area contributed by atoms with Crippen molar-refractivity contribution >= 4 is 23.0 Å². The molecular formula is C17H19N3O2S. The minimum Gasteiger partial charge on any atom is -0.497 e. The molecule has 1 aliphatic heterocycles. The van der Waals surface area contributed by atoms with Crippen LogP contribution in [0.25, 0.3) is 0 Å². The summed E-state index contributed by atoms with van der Waals surface area (Å²) in [5.74, 6) is 1.63. The third-order valence-electron chi connectivity index (χ3n) is 3.89. The third kappa shape index (κ3) is 2.95. The first-order chi connectivity index (χ1) is 11.1. The number of rotatable bonds is 4. The molecule has 3 rings (SSSR count). The predicted octanol–water partition coefficient (Wildman–Crippen LogP) is 2.78. The molecule has 0 saturated carbocycles. The average molecular weight is 329 g/mol. The summed E-state index contributed by atoms with van der Waals surface area (Å²) in [6, 6.07) is 15.6. The van der Waals surface area contributed by atoms with Gasteiger partial charge in [0.05, 0.1) is 19.9 Å².